The lowest BCUT2D eigenvalue weighted by Gasteiger charge is -2.21. The Morgan fingerprint density at radius 3 is 2.48 bits per heavy atom. The summed E-state index contributed by atoms with van der Waals surface area (Å²) in [6, 6.07) is 1.95. The Bertz CT molecular complexity index is 1000. The maximum absolute atomic E-state index is 14.1. The fourth-order valence-electron chi connectivity index (χ4n) is 3.27. The second-order valence-electron chi connectivity index (χ2n) is 7.62. The summed E-state index contributed by atoms with van der Waals surface area (Å²) >= 11 is 0. The van der Waals surface area contributed by atoms with Crippen LogP contribution in [-0.4, -0.2) is 26.6 Å². The molecule has 0 unspecified atom stereocenters. The van der Waals surface area contributed by atoms with Gasteiger partial charge >= 0.3 is 6.03 Å². The van der Waals surface area contributed by atoms with Crippen LogP contribution in [0.4, 0.5) is 14.9 Å². The average Bonchev–Trinajstić information content (AvgIpc) is 3.07. The number of hydrogen-bond acceptors (Lipinski definition) is 5. The third-order valence-electron chi connectivity index (χ3n) is 4.71. The minimum atomic E-state index is -3.70. The number of halogens is 1. The Hall–Kier alpha value is -2.62. The number of ether oxygens (including phenoxy) is 1. The lowest BCUT2D eigenvalue weighted by Crippen LogP contribution is -2.34. The minimum Gasteiger partial charge on any atom is -0.477 e. The van der Waals surface area contributed by atoms with E-state index in [4.69, 9.17) is 9.52 Å². The monoisotopic (exact) mass is 423 g/mol. The summed E-state index contributed by atoms with van der Waals surface area (Å²) in [5.41, 5.74) is 1.73. The highest BCUT2D eigenvalue weighted by molar-refractivity contribution is 7.91. The van der Waals surface area contributed by atoms with Crippen LogP contribution in [0.15, 0.2) is 23.2 Å². The molecule has 1 aromatic heterocycles. The third kappa shape index (κ3) is 4.36. The fourth-order valence-corrected chi connectivity index (χ4v) is 4.30. The number of carbonyl (C=O) groups excluding carboxylic acids is 1. The summed E-state index contributed by atoms with van der Waals surface area (Å²) in [7, 11) is -3.70. The quantitative estimate of drug-likeness (QED) is 0.670. The van der Waals surface area contributed by atoms with Gasteiger partial charge in [0.05, 0.1) is 12.8 Å². The highest BCUT2D eigenvalue weighted by atomic mass is 32.2. The number of aromatic nitrogens is 2. The fraction of sp³-hybridized carbons (Fsp3) is 0.474. The molecule has 0 bridgehead atoms. The van der Waals surface area contributed by atoms with Gasteiger partial charge in [-0.1, -0.05) is 27.7 Å². The van der Waals surface area contributed by atoms with E-state index in [0.29, 0.717) is 30.0 Å². The van der Waals surface area contributed by atoms with Crippen molar-refractivity contribution in [2.24, 2.45) is 0 Å². The maximum atomic E-state index is 14.1. The summed E-state index contributed by atoms with van der Waals surface area (Å²) in [6.45, 7) is 8.62. The predicted octanol–water partition coefficient (Wildman–Crippen LogP) is 4.19. The van der Waals surface area contributed by atoms with E-state index < -0.39 is 15.9 Å². The van der Waals surface area contributed by atoms with Crippen molar-refractivity contribution in [2.75, 3.05) is 11.9 Å². The van der Waals surface area contributed by atoms with Crippen molar-refractivity contribution < 1.29 is 18.1 Å². The number of nitrogens with one attached hydrogen (secondary N) is 3. The second-order valence-corrected chi connectivity index (χ2v) is 9.38. The molecule has 158 valence electrons. The summed E-state index contributed by atoms with van der Waals surface area (Å²) in [4.78, 5) is 12.7. The second kappa shape index (κ2) is 8.02. The van der Waals surface area contributed by atoms with E-state index in [0.717, 1.165) is 6.42 Å². The topological polar surface area (TPSA) is 109 Å². The van der Waals surface area contributed by atoms with Crippen LogP contribution in [0.3, 0.4) is 0 Å². The van der Waals surface area contributed by atoms with Gasteiger partial charge in [0.15, 0.2) is 9.92 Å². The Morgan fingerprint density at radius 1 is 1.28 bits per heavy atom. The molecule has 2 amide bonds. The van der Waals surface area contributed by atoms with Crippen molar-refractivity contribution in [3.8, 4) is 5.88 Å². The Morgan fingerprint density at radius 2 is 1.90 bits per heavy atom. The molecule has 29 heavy (non-hydrogen) atoms. The van der Waals surface area contributed by atoms with Gasteiger partial charge in [-0.2, -0.15) is 5.10 Å². The first-order valence-corrected chi connectivity index (χ1v) is 11.1. The van der Waals surface area contributed by atoms with Gasteiger partial charge in [0.2, 0.25) is 5.88 Å². The van der Waals surface area contributed by atoms with Crippen LogP contribution in [0.2, 0.25) is 0 Å². The van der Waals surface area contributed by atoms with Crippen LogP contribution in [0.25, 0.3) is 0 Å². The molecule has 0 spiro atoms. The van der Waals surface area contributed by atoms with Crippen LogP contribution >= 0.6 is 0 Å². The molecule has 1 aliphatic heterocycles. The first-order valence-electron chi connectivity index (χ1n) is 9.49. The SMILES string of the molecule is CC(C)c1cc(F)cc(C(C)C)c1NC(=O)N[S@@](=N)(=O)c1cnn2c1OCCC2. The Labute approximate surface area is 169 Å². The number of hydrogen-bond donors (Lipinski definition) is 3. The molecule has 0 aliphatic carbocycles. The minimum absolute atomic E-state index is 0.0274. The van der Waals surface area contributed by atoms with Crippen LogP contribution in [-0.2, 0) is 16.5 Å². The molecule has 0 saturated heterocycles. The first kappa shape index (κ1) is 21.1. The summed E-state index contributed by atoms with van der Waals surface area (Å²) in [5, 5.41) is 6.76. The number of rotatable bonds is 5. The summed E-state index contributed by atoms with van der Waals surface area (Å²) in [6.07, 6.45) is 2.05. The number of urea groups is 1. The zero-order valence-electron chi connectivity index (χ0n) is 16.9. The highest BCUT2D eigenvalue weighted by Gasteiger charge is 2.26. The van der Waals surface area contributed by atoms with E-state index >= 15 is 0 Å². The zero-order chi connectivity index (χ0) is 21.3. The van der Waals surface area contributed by atoms with Gasteiger partial charge < -0.3 is 10.1 Å². The van der Waals surface area contributed by atoms with E-state index in [1.807, 2.05) is 27.7 Å². The van der Waals surface area contributed by atoms with Gasteiger partial charge in [-0.3, -0.25) is 0 Å². The van der Waals surface area contributed by atoms with E-state index in [-0.39, 0.29) is 28.4 Å². The molecule has 0 saturated carbocycles. The van der Waals surface area contributed by atoms with Crippen LogP contribution in [0, 0.1) is 10.6 Å². The van der Waals surface area contributed by atoms with Crippen molar-refractivity contribution in [1.29, 1.82) is 4.78 Å². The molecule has 10 heteroatoms. The molecular weight excluding hydrogens is 397 g/mol. The molecular formula is C19H26FN5O3S. The molecule has 0 radical (unpaired) electrons. The largest absolute Gasteiger partial charge is 0.477 e. The standard InChI is InChI=1S/C19H26FN5O3S/c1-11(2)14-8-13(20)9-15(12(3)4)17(14)23-19(26)24-29(21,27)16-10-22-25-6-5-7-28-18(16)25/h8-12H,5-7H2,1-4H3,(H3,21,23,24,26,27)/t29-/m1/s1. The lowest BCUT2D eigenvalue weighted by atomic mass is 9.92. The van der Waals surface area contributed by atoms with Gasteiger partial charge in [-0.15, -0.1) is 0 Å². The first-order chi connectivity index (χ1) is 13.6. The van der Waals surface area contributed by atoms with Crippen LogP contribution in [0.5, 0.6) is 5.88 Å². The van der Waals surface area contributed by atoms with Crippen molar-refractivity contribution in [1.82, 2.24) is 14.5 Å². The van der Waals surface area contributed by atoms with Crippen molar-refractivity contribution in [2.45, 2.75) is 57.4 Å². The normalized spacial score (nSPS) is 15.6. The molecule has 1 atom stereocenters. The number of aryl methyl sites for hydroxylation is 1. The number of benzene rings is 1. The van der Waals surface area contributed by atoms with Crippen molar-refractivity contribution in [3.63, 3.8) is 0 Å². The van der Waals surface area contributed by atoms with Crippen molar-refractivity contribution in [3.05, 3.63) is 35.3 Å². The van der Waals surface area contributed by atoms with Crippen LogP contribution < -0.4 is 14.8 Å². The van der Waals surface area contributed by atoms with Gasteiger partial charge in [0.1, 0.15) is 10.7 Å². The Kier molecular flexibility index (Phi) is 5.83. The molecule has 1 aromatic carbocycles. The Balaban J connectivity index is 1.88. The predicted molar refractivity (Wildman–Crippen MR) is 108 cm³/mol. The molecule has 1 aliphatic rings. The molecule has 2 heterocycles. The van der Waals surface area contributed by atoms with Crippen LogP contribution in [0.1, 0.15) is 57.1 Å². The van der Waals surface area contributed by atoms with Crippen molar-refractivity contribution >= 4 is 21.6 Å². The van der Waals surface area contributed by atoms with Gasteiger partial charge in [-0.05, 0) is 35.1 Å². The highest BCUT2D eigenvalue weighted by Crippen LogP contribution is 2.34. The molecule has 2 aromatic rings. The number of nitrogens with zero attached hydrogens (tertiary/aromatic N) is 2. The molecule has 3 rings (SSSR count). The zero-order valence-corrected chi connectivity index (χ0v) is 17.7. The van der Waals surface area contributed by atoms with E-state index in [1.165, 1.54) is 23.0 Å². The number of amides is 2. The summed E-state index contributed by atoms with van der Waals surface area (Å²) < 4.78 is 44.4. The number of anilines is 1. The smallest absolute Gasteiger partial charge is 0.331 e. The molecule has 0 fully saturated rings. The van der Waals surface area contributed by atoms with E-state index in [1.54, 1.807) is 0 Å². The summed E-state index contributed by atoms with van der Waals surface area (Å²) in [5.74, 6) is -0.231. The van der Waals surface area contributed by atoms with Gasteiger partial charge in [-0.25, -0.2) is 27.6 Å². The van der Waals surface area contributed by atoms with E-state index in [2.05, 4.69) is 15.1 Å². The van der Waals surface area contributed by atoms with E-state index in [9.17, 15) is 13.4 Å². The average molecular weight is 424 g/mol. The number of fused-ring (bicyclic) bond motifs is 1. The lowest BCUT2D eigenvalue weighted by molar-refractivity contribution is 0.224. The van der Waals surface area contributed by atoms with Gasteiger partial charge in [0.25, 0.3) is 0 Å². The molecule has 3 N–H and O–H groups in total. The molecule has 8 nitrogen and oxygen atoms in total. The van der Waals surface area contributed by atoms with Gasteiger partial charge in [0, 0.05) is 18.7 Å². The maximum Gasteiger partial charge on any atom is 0.331 e. The third-order valence-corrected chi connectivity index (χ3v) is 6.08. The number of carbonyl (C=O) groups is 1.